The summed E-state index contributed by atoms with van der Waals surface area (Å²) in [7, 11) is 1.67. The fourth-order valence-electron chi connectivity index (χ4n) is 2.94. The van der Waals surface area contributed by atoms with Gasteiger partial charge in [0.2, 0.25) is 0 Å². The second-order valence-electron chi connectivity index (χ2n) is 6.84. The van der Waals surface area contributed by atoms with Crippen molar-refractivity contribution in [3.63, 3.8) is 0 Å². The zero-order chi connectivity index (χ0) is 19.9. The Kier molecular flexibility index (Phi) is 6.61. The molecule has 0 amide bonds. The fourth-order valence-corrected chi connectivity index (χ4v) is 3.18. The van der Waals surface area contributed by atoms with Crippen molar-refractivity contribution in [2.45, 2.75) is 26.9 Å². The predicted molar refractivity (Wildman–Crippen MR) is 119 cm³/mol. The van der Waals surface area contributed by atoms with Gasteiger partial charge in [-0.1, -0.05) is 42.0 Å². The summed E-state index contributed by atoms with van der Waals surface area (Å²) in [5.74, 6) is 0.768. The van der Waals surface area contributed by atoms with Crippen LogP contribution < -0.4 is 10.1 Å². The minimum Gasteiger partial charge on any atom is -0.495 e. The molecule has 0 aliphatic rings. The minimum absolute atomic E-state index is 0.647. The topological polar surface area (TPSA) is 37.4 Å². The average Bonchev–Trinajstić information content (AvgIpc) is 2.70. The molecule has 144 valence electrons. The minimum atomic E-state index is 0.647. The molecule has 3 aromatic rings. The quantitative estimate of drug-likeness (QED) is 0.591. The molecular formula is C23H25N3OS. The zero-order valence-corrected chi connectivity index (χ0v) is 17.3. The van der Waals surface area contributed by atoms with Crippen LogP contribution >= 0.6 is 12.2 Å². The van der Waals surface area contributed by atoms with Crippen molar-refractivity contribution in [3.8, 4) is 5.75 Å². The highest BCUT2D eigenvalue weighted by atomic mass is 32.1. The van der Waals surface area contributed by atoms with E-state index in [1.165, 1.54) is 11.1 Å². The third-order valence-corrected chi connectivity index (χ3v) is 4.83. The first-order chi connectivity index (χ1) is 13.5. The molecule has 5 heteroatoms. The van der Waals surface area contributed by atoms with E-state index in [1.807, 2.05) is 37.4 Å². The Hall–Kier alpha value is -2.92. The summed E-state index contributed by atoms with van der Waals surface area (Å²) in [6, 6.07) is 18.5. The highest BCUT2D eigenvalue weighted by Gasteiger charge is 2.14. The summed E-state index contributed by atoms with van der Waals surface area (Å²) in [4.78, 5) is 6.37. The van der Waals surface area contributed by atoms with E-state index in [0.29, 0.717) is 18.2 Å². The normalized spacial score (nSPS) is 10.4. The van der Waals surface area contributed by atoms with Crippen LogP contribution in [0.4, 0.5) is 5.69 Å². The van der Waals surface area contributed by atoms with Gasteiger partial charge in [0.05, 0.1) is 12.8 Å². The lowest BCUT2D eigenvalue weighted by Gasteiger charge is -2.27. The van der Waals surface area contributed by atoms with Gasteiger partial charge in [-0.2, -0.15) is 0 Å². The van der Waals surface area contributed by atoms with Gasteiger partial charge in [-0.05, 0) is 61.0 Å². The smallest absolute Gasteiger partial charge is 0.174 e. The number of pyridine rings is 1. The van der Waals surface area contributed by atoms with Crippen LogP contribution in [-0.2, 0) is 13.1 Å². The zero-order valence-electron chi connectivity index (χ0n) is 16.5. The summed E-state index contributed by atoms with van der Waals surface area (Å²) in [6.45, 7) is 5.51. The third kappa shape index (κ3) is 5.30. The van der Waals surface area contributed by atoms with E-state index in [-0.39, 0.29) is 0 Å². The molecular weight excluding hydrogens is 366 g/mol. The van der Waals surface area contributed by atoms with Crippen LogP contribution in [0.15, 0.2) is 67.0 Å². The maximum absolute atomic E-state index is 5.77. The molecule has 0 saturated carbocycles. The highest BCUT2D eigenvalue weighted by molar-refractivity contribution is 7.80. The van der Waals surface area contributed by atoms with Crippen LogP contribution in [-0.4, -0.2) is 22.1 Å². The Labute approximate surface area is 172 Å². The fraction of sp³-hybridized carbons (Fsp3) is 0.217. The lowest BCUT2D eigenvalue weighted by atomic mass is 10.1. The average molecular weight is 392 g/mol. The molecule has 1 heterocycles. The number of benzene rings is 2. The first-order valence-electron chi connectivity index (χ1n) is 9.20. The van der Waals surface area contributed by atoms with E-state index in [0.717, 1.165) is 22.6 Å². The number of aromatic nitrogens is 1. The summed E-state index contributed by atoms with van der Waals surface area (Å²) in [6.07, 6.45) is 3.65. The highest BCUT2D eigenvalue weighted by Crippen LogP contribution is 2.26. The third-order valence-electron chi connectivity index (χ3n) is 4.47. The molecule has 0 aliphatic carbocycles. The number of ether oxygens (including phenoxy) is 1. The summed E-state index contributed by atoms with van der Waals surface area (Å²) < 4.78 is 5.48. The molecule has 28 heavy (non-hydrogen) atoms. The number of nitrogens with zero attached hydrogens (tertiary/aromatic N) is 2. The molecule has 0 spiro atoms. The number of hydrogen-bond acceptors (Lipinski definition) is 3. The van der Waals surface area contributed by atoms with Gasteiger partial charge >= 0.3 is 0 Å². The molecule has 3 rings (SSSR count). The maximum Gasteiger partial charge on any atom is 0.174 e. The van der Waals surface area contributed by atoms with Crippen LogP contribution in [0.3, 0.4) is 0 Å². The number of rotatable bonds is 6. The van der Waals surface area contributed by atoms with Crippen LogP contribution in [0, 0.1) is 13.8 Å². The molecule has 0 unspecified atom stereocenters. The standard InChI is InChI=1S/C23H25N3OS/c1-17-6-9-19(10-7-17)15-26(16-20-5-4-12-24-14-20)23(28)25-21-13-18(2)8-11-22(21)27-3/h4-14H,15-16H2,1-3H3,(H,25,28). The van der Waals surface area contributed by atoms with Gasteiger partial charge in [0.25, 0.3) is 0 Å². The number of aryl methyl sites for hydroxylation is 2. The molecule has 0 fully saturated rings. The predicted octanol–water partition coefficient (Wildman–Crippen LogP) is 5.11. The van der Waals surface area contributed by atoms with Crippen molar-refractivity contribution < 1.29 is 4.74 Å². The second-order valence-corrected chi connectivity index (χ2v) is 7.22. The van der Waals surface area contributed by atoms with Gasteiger partial charge in [-0.15, -0.1) is 0 Å². The van der Waals surface area contributed by atoms with Gasteiger partial charge in [0.1, 0.15) is 5.75 Å². The summed E-state index contributed by atoms with van der Waals surface area (Å²) >= 11 is 5.77. The van der Waals surface area contributed by atoms with Crippen molar-refractivity contribution in [1.29, 1.82) is 0 Å². The van der Waals surface area contributed by atoms with Gasteiger partial charge in [-0.25, -0.2) is 0 Å². The van der Waals surface area contributed by atoms with Crippen LogP contribution in [0.1, 0.15) is 22.3 Å². The number of nitrogens with one attached hydrogen (secondary N) is 1. The molecule has 4 nitrogen and oxygen atoms in total. The van der Waals surface area contributed by atoms with Crippen LogP contribution in [0.2, 0.25) is 0 Å². The van der Waals surface area contributed by atoms with Gasteiger partial charge in [0, 0.05) is 25.5 Å². The van der Waals surface area contributed by atoms with Gasteiger partial charge < -0.3 is 15.0 Å². The van der Waals surface area contributed by atoms with E-state index in [2.05, 4.69) is 52.5 Å². The van der Waals surface area contributed by atoms with E-state index in [1.54, 1.807) is 13.3 Å². The van der Waals surface area contributed by atoms with Crippen molar-refractivity contribution in [2.24, 2.45) is 0 Å². The monoisotopic (exact) mass is 391 g/mol. The Morgan fingerprint density at radius 2 is 1.71 bits per heavy atom. The van der Waals surface area contributed by atoms with E-state index >= 15 is 0 Å². The Morgan fingerprint density at radius 3 is 2.39 bits per heavy atom. The largest absolute Gasteiger partial charge is 0.495 e. The first kappa shape index (κ1) is 19.8. The molecule has 0 bridgehead atoms. The maximum atomic E-state index is 5.77. The molecule has 0 atom stereocenters. The molecule has 2 aromatic carbocycles. The summed E-state index contributed by atoms with van der Waals surface area (Å²) in [5, 5.41) is 4.01. The van der Waals surface area contributed by atoms with Crippen LogP contribution in [0.5, 0.6) is 5.75 Å². The molecule has 1 aromatic heterocycles. The molecule has 0 saturated heterocycles. The Bertz CT molecular complexity index is 926. The van der Waals surface area contributed by atoms with E-state index in [4.69, 9.17) is 17.0 Å². The Morgan fingerprint density at radius 1 is 1.00 bits per heavy atom. The SMILES string of the molecule is COc1ccc(C)cc1NC(=S)N(Cc1ccc(C)cc1)Cc1cccnc1. The Balaban J connectivity index is 1.83. The lowest BCUT2D eigenvalue weighted by Crippen LogP contribution is -2.34. The number of thiocarbonyl (C=S) groups is 1. The molecule has 1 N–H and O–H groups in total. The number of methoxy groups -OCH3 is 1. The second kappa shape index (κ2) is 9.33. The molecule has 0 aliphatic heterocycles. The van der Waals surface area contributed by atoms with Crippen molar-refractivity contribution in [3.05, 3.63) is 89.2 Å². The van der Waals surface area contributed by atoms with Crippen molar-refractivity contribution in [1.82, 2.24) is 9.88 Å². The number of anilines is 1. The van der Waals surface area contributed by atoms with E-state index in [9.17, 15) is 0 Å². The van der Waals surface area contributed by atoms with Gasteiger partial charge in [-0.3, -0.25) is 4.98 Å². The first-order valence-corrected chi connectivity index (χ1v) is 9.61. The molecule has 0 radical (unpaired) electrons. The van der Waals surface area contributed by atoms with Gasteiger partial charge in [0.15, 0.2) is 5.11 Å². The summed E-state index contributed by atoms with van der Waals surface area (Å²) in [5.41, 5.74) is 5.56. The van der Waals surface area contributed by atoms with E-state index < -0.39 is 0 Å². The van der Waals surface area contributed by atoms with Crippen LogP contribution in [0.25, 0.3) is 0 Å². The van der Waals surface area contributed by atoms with Crippen molar-refractivity contribution in [2.75, 3.05) is 12.4 Å². The van der Waals surface area contributed by atoms with Crippen molar-refractivity contribution >= 4 is 23.0 Å². The number of hydrogen-bond donors (Lipinski definition) is 1. The lowest BCUT2D eigenvalue weighted by molar-refractivity contribution is 0.408.